The van der Waals surface area contributed by atoms with Crippen molar-refractivity contribution in [2.24, 2.45) is 14.1 Å². The molecule has 0 unspecified atom stereocenters. The van der Waals surface area contributed by atoms with E-state index in [9.17, 15) is 9.59 Å². The van der Waals surface area contributed by atoms with E-state index in [0.717, 1.165) is 36.6 Å². The summed E-state index contributed by atoms with van der Waals surface area (Å²) in [5, 5.41) is 3.32. The van der Waals surface area contributed by atoms with Crippen LogP contribution in [0.15, 0.2) is 9.59 Å². The molecule has 0 bridgehead atoms. The number of nitrogens with zero attached hydrogens (tertiary/aromatic N) is 5. The van der Waals surface area contributed by atoms with E-state index < -0.39 is 0 Å². The van der Waals surface area contributed by atoms with Gasteiger partial charge < -0.3 is 9.88 Å². The molecule has 0 aliphatic carbocycles. The van der Waals surface area contributed by atoms with E-state index in [4.69, 9.17) is 0 Å². The molecule has 1 aliphatic rings. The molecule has 1 N–H and O–H groups in total. The van der Waals surface area contributed by atoms with Gasteiger partial charge in [0.05, 0.1) is 6.54 Å². The van der Waals surface area contributed by atoms with E-state index in [-0.39, 0.29) is 11.2 Å². The minimum Gasteiger partial charge on any atom is -0.314 e. The van der Waals surface area contributed by atoms with Gasteiger partial charge in [0.15, 0.2) is 5.52 Å². The highest BCUT2D eigenvalue weighted by Crippen LogP contribution is 2.13. The van der Waals surface area contributed by atoms with Crippen LogP contribution in [0.3, 0.4) is 0 Å². The molecule has 1 fully saturated rings. The van der Waals surface area contributed by atoms with Gasteiger partial charge >= 0.3 is 5.69 Å². The monoisotopic (exact) mass is 306 g/mol. The lowest BCUT2D eigenvalue weighted by atomic mass is 10.3. The topological polar surface area (TPSA) is 77.1 Å². The zero-order valence-corrected chi connectivity index (χ0v) is 13.3. The highest BCUT2D eigenvalue weighted by Gasteiger charge is 2.20. The summed E-state index contributed by atoms with van der Waals surface area (Å²) < 4.78 is 4.60. The molecule has 1 aliphatic heterocycles. The van der Waals surface area contributed by atoms with E-state index in [1.165, 1.54) is 11.6 Å². The second-order valence-electron chi connectivity index (χ2n) is 5.68. The lowest BCUT2D eigenvalue weighted by Gasteiger charge is -2.26. The Morgan fingerprint density at radius 1 is 1.14 bits per heavy atom. The summed E-state index contributed by atoms with van der Waals surface area (Å²) in [6.07, 6.45) is 0. The van der Waals surface area contributed by atoms with Gasteiger partial charge in [-0.3, -0.25) is 18.8 Å². The summed E-state index contributed by atoms with van der Waals surface area (Å²) in [5.41, 5.74) is 0.338. The summed E-state index contributed by atoms with van der Waals surface area (Å²) in [4.78, 5) is 31.3. The van der Waals surface area contributed by atoms with Gasteiger partial charge in [-0.25, -0.2) is 9.78 Å². The fourth-order valence-electron chi connectivity index (χ4n) is 3.06. The van der Waals surface area contributed by atoms with Crippen LogP contribution in [0.4, 0.5) is 0 Å². The first-order valence-corrected chi connectivity index (χ1v) is 7.62. The Bertz CT molecular complexity index is 809. The van der Waals surface area contributed by atoms with E-state index in [1.807, 2.05) is 11.5 Å². The van der Waals surface area contributed by atoms with Gasteiger partial charge in [0.2, 0.25) is 0 Å². The van der Waals surface area contributed by atoms with E-state index in [0.29, 0.717) is 24.3 Å². The molecule has 0 atom stereocenters. The molecule has 0 aromatic carbocycles. The van der Waals surface area contributed by atoms with Crippen molar-refractivity contribution < 1.29 is 0 Å². The average Bonchev–Trinajstić information content (AvgIpc) is 2.90. The van der Waals surface area contributed by atoms with Crippen LogP contribution in [-0.2, 0) is 27.2 Å². The van der Waals surface area contributed by atoms with Crippen molar-refractivity contribution in [3.8, 4) is 0 Å². The Kier molecular flexibility index (Phi) is 3.88. The maximum Gasteiger partial charge on any atom is 0.332 e. The maximum absolute atomic E-state index is 12.3. The zero-order valence-electron chi connectivity index (χ0n) is 13.3. The van der Waals surface area contributed by atoms with Crippen LogP contribution < -0.4 is 16.6 Å². The molecule has 120 valence electrons. The molecule has 3 rings (SSSR count). The molecule has 0 radical (unpaired) electrons. The van der Waals surface area contributed by atoms with Crippen LogP contribution >= 0.6 is 0 Å². The van der Waals surface area contributed by atoms with Crippen molar-refractivity contribution in [2.45, 2.75) is 20.0 Å². The van der Waals surface area contributed by atoms with E-state index >= 15 is 0 Å². The number of aryl methyl sites for hydroxylation is 2. The minimum absolute atomic E-state index is 0.319. The first kappa shape index (κ1) is 15.0. The Balaban J connectivity index is 2.15. The normalized spacial score (nSPS) is 16.5. The minimum atomic E-state index is -0.327. The van der Waals surface area contributed by atoms with Crippen molar-refractivity contribution in [2.75, 3.05) is 26.2 Å². The average molecular weight is 306 g/mol. The third kappa shape index (κ3) is 2.28. The third-order valence-electron chi connectivity index (χ3n) is 4.31. The number of fused-ring (bicyclic) bond motifs is 1. The first-order chi connectivity index (χ1) is 10.5. The highest BCUT2D eigenvalue weighted by molar-refractivity contribution is 5.70. The lowest BCUT2D eigenvalue weighted by molar-refractivity contribution is 0.225. The summed E-state index contributed by atoms with van der Waals surface area (Å²) in [5.74, 6) is 0.845. The largest absolute Gasteiger partial charge is 0.332 e. The number of rotatable bonds is 3. The fourth-order valence-corrected chi connectivity index (χ4v) is 3.06. The molecule has 8 heteroatoms. The van der Waals surface area contributed by atoms with Crippen molar-refractivity contribution in [1.82, 2.24) is 28.9 Å². The van der Waals surface area contributed by atoms with Gasteiger partial charge in [0.1, 0.15) is 11.5 Å². The molecule has 22 heavy (non-hydrogen) atoms. The number of nitrogens with one attached hydrogen (secondary N) is 1. The predicted octanol–water partition coefficient (Wildman–Crippen LogP) is -1.14. The first-order valence-electron chi connectivity index (χ1n) is 7.62. The van der Waals surface area contributed by atoms with E-state index in [2.05, 4.69) is 15.2 Å². The molecule has 3 heterocycles. The van der Waals surface area contributed by atoms with Crippen molar-refractivity contribution in [1.29, 1.82) is 0 Å². The number of hydrogen-bond donors (Lipinski definition) is 1. The molecule has 8 nitrogen and oxygen atoms in total. The van der Waals surface area contributed by atoms with Crippen LogP contribution in [0.1, 0.15) is 12.7 Å². The van der Waals surface area contributed by atoms with Crippen LogP contribution in [0.5, 0.6) is 0 Å². The Morgan fingerprint density at radius 3 is 2.45 bits per heavy atom. The van der Waals surface area contributed by atoms with Crippen molar-refractivity contribution in [3.05, 3.63) is 26.7 Å². The molecule has 0 spiro atoms. The second kappa shape index (κ2) is 5.69. The Labute approximate surface area is 128 Å². The molecule has 2 aromatic rings. The Hall–Kier alpha value is -1.93. The van der Waals surface area contributed by atoms with Crippen LogP contribution in [0.2, 0.25) is 0 Å². The molecular formula is C14H22N6O2. The molecule has 2 aromatic heterocycles. The smallest absolute Gasteiger partial charge is 0.314 e. The number of hydrogen-bond acceptors (Lipinski definition) is 5. The second-order valence-corrected chi connectivity index (χ2v) is 5.68. The predicted molar refractivity (Wildman–Crippen MR) is 84.0 cm³/mol. The number of aromatic nitrogens is 4. The molecule has 0 amide bonds. The Morgan fingerprint density at radius 2 is 1.82 bits per heavy atom. The summed E-state index contributed by atoms with van der Waals surface area (Å²) in [6.45, 7) is 7.23. The van der Waals surface area contributed by atoms with Gasteiger partial charge in [-0.1, -0.05) is 0 Å². The van der Waals surface area contributed by atoms with Crippen LogP contribution in [0, 0.1) is 0 Å². The number of piperazine rings is 1. The van der Waals surface area contributed by atoms with Crippen LogP contribution in [-0.4, -0.2) is 49.8 Å². The SMILES string of the molecule is CCn1c(CN2CCNCC2)nc2c(=O)n(C)c(=O)n(C)c21. The third-order valence-corrected chi connectivity index (χ3v) is 4.31. The maximum atomic E-state index is 12.3. The van der Waals surface area contributed by atoms with Gasteiger partial charge in [-0.05, 0) is 6.92 Å². The highest BCUT2D eigenvalue weighted by atomic mass is 16.2. The van der Waals surface area contributed by atoms with Crippen molar-refractivity contribution in [3.63, 3.8) is 0 Å². The van der Waals surface area contributed by atoms with E-state index in [1.54, 1.807) is 7.05 Å². The summed E-state index contributed by atoms with van der Waals surface area (Å²) in [6, 6.07) is 0. The van der Waals surface area contributed by atoms with Crippen molar-refractivity contribution >= 4 is 11.2 Å². The van der Waals surface area contributed by atoms with Gasteiger partial charge in [-0.15, -0.1) is 0 Å². The quantitative estimate of drug-likeness (QED) is 0.775. The van der Waals surface area contributed by atoms with Gasteiger partial charge in [0, 0.05) is 46.8 Å². The standard InChI is InChI=1S/C14H22N6O2/c1-4-20-10(9-19-7-5-15-6-8-19)16-11-12(20)17(2)14(22)18(3)13(11)21/h15H,4-9H2,1-3H3. The fraction of sp³-hybridized carbons (Fsp3) is 0.643. The molecular weight excluding hydrogens is 284 g/mol. The molecule has 1 saturated heterocycles. The van der Waals surface area contributed by atoms with Gasteiger partial charge in [-0.2, -0.15) is 0 Å². The number of imidazole rings is 1. The summed E-state index contributed by atoms with van der Waals surface area (Å²) >= 11 is 0. The lowest BCUT2D eigenvalue weighted by Crippen LogP contribution is -2.43. The van der Waals surface area contributed by atoms with Crippen LogP contribution in [0.25, 0.3) is 11.2 Å². The zero-order chi connectivity index (χ0) is 15.9. The summed E-state index contributed by atoms with van der Waals surface area (Å²) in [7, 11) is 3.18. The molecule has 0 saturated carbocycles. The van der Waals surface area contributed by atoms with Gasteiger partial charge in [0.25, 0.3) is 5.56 Å².